The number of amides is 2. The first-order valence-corrected chi connectivity index (χ1v) is 10.0. The first-order valence-electron chi connectivity index (χ1n) is 9.63. The average molecular weight is 496 g/mol. The molecule has 4 rings (SSSR count). The number of halogens is 4. The monoisotopic (exact) mass is 495 g/mol. The number of carbonyl (C=O) groups excluding carboxylic acids is 1. The van der Waals surface area contributed by atoms with Crippen LogP contribution in [0.4, 0.5) is 29.5 Å². The van der Waals surface area contributed by atoms with Crippen LogP contribution in [0.2, 0.25) is 5.02 Å². The second-order valence-electron chi connectivity index (χ2n) is 7.18. The Kier molecular flexibility index (Phi) is 6.06. The molecule has 0 bridgehead atoms. The van der Waals surface area contributed by atoms with Gasteiger partial charge in [-0.2, -0.15) is 23.3 Å². The van der Waals surface area contributed by atoms with Crippen molar-refractivity contribution in [1.29, 1.82) is 0 Å². The summed E-state index contributed by atoms with van der Waals surface area (Å²) in [5.74, 6) is 0.608. The maximum atomic E-state index is 12.7. The number of nitrogens with one attached hydrogen (secondary N) is 2. The number of hydrogen-bond acceptors (Lipinski definition) is 6. The molecule has 0 spiro atoms. The van der Waals surface area contributed by atoms with Crippen molar-refractivity contribution in [1.82, 2.24) is 24.3 Å². The van der Waals surface area contributed by atoms with E-state index < -0.39 is 24.0 Å². The van der Waals surface area contributed by atoms with Crippen LogP contribution in [0.5, 0.6) is 11.6 Å². The molecule has 0 aliphatic carbocycles. The molecule has 1 aromatic carbocycles. The zero-order valence-electron chi connectivity index (χ0n) is 17.6. The highest BCUT2D eigenvalue weighted by Gasteiger charge is 2.41. The topological polar surface area (TPSA) is 119 Å². The van der Waals surface area contributed by atoms with Crippen molar-refractivity contribution < 1.29 is 27.8 Å². The molecule has 3 heterocycles. The molecule has 0 aliphatic heterocycles. The van der Waals surface area contributed by atoms with E-state index in [0.29, 0.717) is 22.7 Å². The molecular weight excluding hydrogens is 479 g/mol. The summed E-state index contributed by atoms with van der Waals surface area (Å²) < 4.78 is 46.7. The van der Waals surface area contributed by atoms with E-state index in [9.17, 15) is 23.1 Å². The number of fused-ring (bicyclic) bond motifs is 1. The van der Waals surface area contributed by atoms with E-state index in [1.165, 1.54) is 25.5 Å². The Balaban J connectivity index is 1.45. The molecule has 0 saturated heterocycles. The highest BCUT2D eigenvalue weighted by Crippen LogP contribution is 2.33. The van der Waals surface area contributed by atoms with E-state index in [1.54, 1.807) is 6.07 Å². The third-order valence-corrected chi connectivity index (χ3v) is 5.07. The Hall–Kier alpha value is -3.84. The zero-order valence-corrected chi connectivity index (χ0v) is 18.4. The predicted octanol–water partition coefficient (Wildman–Crippen LogP) is 4.39. The van der Waals surface area contributed by atoms with E-state index in [4.69, 9.17) is 16.3 Å². The van der Waals surface area contributed by atoms with Gasteiger partial charge in [0, 0.05) is 32.4 Å². The van der Waals surface area contributed by atoms with Gasteiger partial charge in [0.2, 0.25) is 5.88 Å². The minimum atomic E-state index is -4.89. The van der Waals surface area contributed by atoms with Crippen molar-refractivity contribution in [3.05, 3.63) is 53.6 Å². The van der Waals surface area contributed by atoms with Gasteiger partial charge < -0.3 is 19.7 Å². The number of aryl methyl sites for hydroxylation is 2. The minimum Gasteiger partial charge on any atom is -0.437 e. The average Bonchev–Trinajstić information content (AvgIpc) is 3.32. The summed E-state index contributed by atoms with van der Waals surface area (Å²) in [6.45, 7) is 0. The molecular formula is C20H17ClF3N7O3. The lowest BCUT2D eigenvalue weighted by molar-refractivity contribution is -0.208. The number of nitrogens with zero attached hydrogens (tertiary/aromatic N) is 5. The Morgan fingerprint density at radius 1 is 1.18 bits per heavy atom. The van der Waals surface area contributed by atoms with Gasteiger partial charge in [0.05, 0.1) is 16.2 Å². The SMILES string of the molecule is Cn1nc(C(O)C(F)(F)F)cc1NC(=O)Nc1ccc(Oc2ncnc3ccn(C)c23)cc1Cl. The van der Waals surface area contributed by atoms with Crippen molar-refractivity contribution in [2.45, 2.75) is 12.3 Å². The number of alkyl halides is 3. The molecule has 34 heavy (non-hydrogen) atoms. The zero-order chi connectivity index (χ0) is 24.6. The molecule has 14 heteroatoms. The van der Waals surface area contributed by atoms with Gasteiger partial charge in [0.1, 0.15) is 29.1 Å². The third kappa shape index (κ3) is 4.75. The van der Waals surface area contributed by atoms with E-state index in [0.717, 1.165) is 10.7 Å². The smallest absolute Gasteiger partial charge is 0.420 e. The molecule has 3 aromatic heterocycles. The molecule has 3 N–H and O–H groups in total. The molecule has 10 nitrogen and oxygen atoms in total. The molecule has 0 radical (unpaired) electrons. The highest BCUT2D eigenvalue weighted by molar-refractivity contribution is 6.34. The summed E-state index contributed by atoms with van der Waals surface area (Å²) in [5.41, 5.74) is 0.957. The summed E-state index contributed by atoms with van der Waals surface area (Å²) in [6, 6.07) is 6.46. The lowest BCUT2D eigenvalue weighted by atomic mass is 10.2. The number of aliphatic hydroxyl groups excluding tert-OH is 1. The first kappa shape index (κ1) is 23.3. The second-order valence-corrected chi connectivity index (χ2v) is 7.59. The van der Waals surface area contributed by atoms with Crippen LogP contribution in [-0.4, -0.2) is 41.6 Å². The standard InChI is InChI=1S/C20H17ClF3N7O3/c1-30-6-5-13-16(30)18(26-9-25-13)34-10-3-4-12(11(21)7-10)27-19(33)28-15-8-14(29-31(15)2)17(32)20(22,23)24/h3-9,17,32H,1-2H3,(H2,27,28,33). The lowest BCUT2D eigenvalue weighted by Gasteiger charge is -2.11. The maximum Gasteiger partial charge on any atom is 0.420 e. The highest BCUT2D eigenvalue weighted by atomic mass is 35.5. The van der Waals surface area contributed by atoms with Crippen molar-refractivity contribution in [3.8, 4) is 11.6 Å². The van der Waals surface area contributed by atoms with E-state index in [2.05, 4.69) is 25.7 Å². The summed E-state index contributed by atoms with van der Waals surface area (Å²) in [6.07, 6.45) is -4.47. The van der Waals surface area contributed by atoms with Crippen molar-refractivity contribution in [2.75, 3.05) is 10.6 Å². The van der Waals surface area contributed by atoms with E-state index in [-0.39, 0.29) is 16.5 Å². The van der Waals surface area contributed by atoms with Crippen molar-refractivity contribution in [3.63, 3.8) is 0 Å². The van der Waals surface area contributed by atoms with Gasteiger partial charge in [-0.3, -0.25) is 10.00 Å². The number of ether oxygens (including phenoxy) is 1. The number of aliphatic hydroxyl groups is 1. The Morgan fingerprint density at radius 3 is 2.65 bits per heavy atom. The summed E-state index contributed by atoms with van der Waals surface area (Å²) in [5, 5.41) is 17.9. The largest absolute Gasteiger partial charge is 0.437 e. The van der Waals surface area contributed by atoms with Crippen LogP contribution in [0, 0.1) is 0 Å². The molecule has 178 valence electrons. The van der Waals surface area contributed by atoms with Gasteiger partial charge >= 0.3 is 12.2 Å². The molecule has 0 saturated carbocycles. The molecule has 1 unspecified atom stereocenters. The third-order valence-electron chi connectivity index (χ3n) is 4.76. The number of benzene rings is 1. The van der Waals surface area contributed by atoms with Crippen LogP contribution in [0.15, 0.2) is 42.9 Å². The summed E-state index contributed by atoms with van der Waals surface area (Å²) in [4.78, 5) is 20.6. The Bertz CT molecular complexity index is 1370. The fourth-order valence-corrected chi connectivity index (χ4v) is 3.33. The van der Waals surface area contributed by atoms with Gasteiger partial charge in [-0.1, -0.05) is 11.6 Å². The van der Waals surface area contributed by atoms with Crippen molar-refractivity contribution >= 4 is 40.2 Å². The Morgan fingerprint density at radius 2 is 1.94 bits per heavy atom. The predicted molar refractivity (Wildman–Crippen MR) is 117 cm³/mol. The molecule has 0 fully saturated rings. The van der Waals surface area contributed by atoms with Crippen molar-refractivity contribution in [2.24, 2.45) is 14.1 Å². The minimum absolute atomic E-state index is 0.0674. The number of carbonyl (C=O) groups is 1. The number of aromatic nitrogens is 5. The van der Waals surface area contributed by atoms with Crippen LogP contribution in [0.25, 0.3) is 11.0 Å². The fraction of sp³-hybridized carbons (Fsp3) is 0.200. The molecule has 0 aliphatic rings. The van der Waals surface area contributed by atoms with Gasteiger partial charge in [-0.25, -0.2) is 9.78 Å². The van der Waals surface area contributed by atoms with Crippen LogP contribution in [0.1, 0.15) is 11.8 Å². The number of rotatable bonds is 5. The van der Waals surface area contributed by atoms with E-state index in [1.807, 2.05) is 23.9 Å². The second kappa shape index (κ2) is 8.83. The summed E-state index contributed by atoms with van der Waals surface area (Å²) in [7, 11) is 3.14. The van der Waals surface area contributed by atoms with Crippen LogP contribution >= 0.6 is 11.6 Å². The Labute approximate surface area is 194 Å². The van der Waals surface area contributed by atoms with Gasteiger partial charge in [0.25, 0.3) is 0 Å². The summed E-state index contributed by atoms with van der Waals surface area (Å²) >= 11 is 6.26. The number of urea groups is 1. The molecule has 1 atom stereocenters. The lowest BCUT2D eigenvalue weighted by Crippen LogP contribution is -2.21. The molecule has 2 amide bonds. The molecule has 4 aromatic rings. The van der Waals surface area contributed by atoms with Crippen LogP contribution in [0.3, 0.4) is 0 Å². The number of hydrogen-bond donors (Lipinski definition) is 3. The maximum absolute atomic E-state index is 12.7. The normalized spacial score (nSPS) is 12.6. The van der Waals surface area contributed by atoms with Crippen LogP contribution in [-0.2, 0) is 14.1 Å². The fourth-order valence-electron chi connectivity index (χ4n) is 3.11. The van der Waals surface area contributed by atoms with Gasteiger partial charge in [-0.05, 0) is 18.2 Å². The van der Waals surface area contributed by atoms with E-state index >= 15 is 0 Å². The van der Waals surface area contributed by atoms with Gasteiger partial charge in [0.15, 0.2) is 6.10 Å². The first-order chi connectivity index (χ1) is 16.0. The quantitative estimate of drug-likeness (QED) is 0.378. The van der Waals surface area contributed by atoms with Crippen LogP contribution < -0.4 is 15.4 Å². The van der Waals surface area contributed by atoms with Gasteiger partial charge in [-0.15, -0.1) is 0 Å². The number of anilines is 2.